The first-order chi connectivity index (χ1) is 15.1. The summed E-state index contributed by atoms with van der Waals surface area (Å²) in [5, 5.41) is 6.79. The van der Waals surface area contributed by atoms with Gasteiger partial charge in [0.15, 0.2) is 5.96 Å². The van der Waals surface area contributed by atoms with Crippen molar-refractivity contribution in [3.8, 4) is 0 Å². The number of amides is 1. The molecule has 1 amide bonds. The van der Waals surface area contributed by atoms with Crippen molar-refractivity contribution in [3.63, 3.8) is 0 Å². The number of primary amides is 1. The van der Waals surface area contributed by atoms with Crippen molar-refractivity contribution in [2.45, 2.75) is 38.8 Å². The molecular formula is C25H36IN5O. The van der Waals surface area contributed by atoms with E-state index in [-0.39, 0.29) is 35.8 Å². The number of nitrogens with one attached hydrogen (secondary N) is 2. The molecule has 4 N–H and O–H groups in total. The number of aliphatic imine (C=N–C) groups is 1. The first-order valence-electron chi connectivity index (χ1n) is 11.2. The number of likely N-dealkylation sites (tertiary alicyclic amines) is 1. The van der Waals surface area contributed by atoms with Crippen molar-refractivity contribution in [2.24, 2.45) is 16.6 Å². The minimum atomic E-state index is -0.176. The quantitative estimate of drug-likeness (QED) is 0.194. The number of carbonyl (C=O) groups excluding carboxylic acids is 1. The van der Waals surface area contributed by atoms with Crippen LogP contribution in [0, 0.1) is 5.92 Å². The predicted octanol–water partition coefficient (Wildman–Crippen LogP) is 3.30. The summed E-state index contributed by atoms with van der Waals surface area (Å²) in [6, 6.07) is 19.1. The molecule has 1 saturated heterocycles. The first-order valence-corrected chi connectivity index (χ1v) is 11.2. The summed E-state index contributed by atoms with van der Waals surface area (Å²) >= 11 is 0. The van der Waals surface area contributed by atoms with Gasteiger partial charge in [0.2, 0.25) is 5.91 Å². The molecule has 2 aromatic rings. The van der Waals surface area contributed by atoms with Gasteiger partial charge in [-0.15, -0.1) is 24.0 Å². The zero-order valence-electron chi connectivity index (χ0n) is 18.9. The molecule has 1 fully saturated rings. The van der Waals surface area contributed by atoms with Crippen LogP contribution in [-0.2, 0) is 24.3 Å². The molecule has 1 aliphatic heterocycles. The van der Waals surface area contributed by atoms with Crippen molar-refractivity contribution in [1.29, 1.82) is 0 Å². The van der Waals surface area contributed by atoms with Crippen molar-refractivity contribution in [1.82, 2.24) is 15.5 Å². The molecule has 0 bridgehead atoms. The van der Waals surface area contributed by atoms with Crippen molar-refractivity contribution in [2.75, 3.05) is 26.7 Å². The standard InChI is InChI=1S/C25H35N5O.HI/c1-27-25(28-14-6-12-20-8-3-2-4-9-20)29-17-21-10-5-11-22(16-21)18-30-15-7-13-23(19-30)24(26)31;/h2-5,8-11,16,23H,6-7,12-15,17-19H2,1H3,(H2,26,31)(H2,27,28,29);1H. The molecule has 1 heterocycles. The summed E-state index contributed by atoms with van der Waals surface area (Å²) in [4.78, 5) is 18.2. The number of rotatable bonds is 9. The average molecular weight is 550 g/mol. The molecule has 0 radical (unpaired) electrons. The van der Waals surface area contributed by atoms with Crippen LogP contribution in [0.4, 0.5) is 0 Å². The monoisotopic (exact) mass is 549 g/mol. The van der Waals surface area contributed by atoms with E-state index in [4.69, 9.17) is 5.73 Å². The Kier molecular flexibility index (Phi) is 11.5. The number of hydrogen-bond acceptors (Lipinski definition) is 3. The molecule has 0 spiro atoms. The summed E-state index contributed by atoms with van der Waals surface area (Å²) in [6.07, 6.45) is 4.05. The van der Waals surface area contributed by atoms with Crippen LogP contribution in [0.5, 0.6) is 0 Å². The number of nitrogens with zero attached hydrogens (tertiary/aromatic N) is 2. The van der Waals surface area contributed by atoms with E-state index in [1.807, 2.05) is 6.07 Å². The van der Waals surface area contributed by atoms with Gasteiger partial charge in [-0.2, -0.15) is 0 Å². The zero-order chi connectivity index (χ0) is 21.9. The molecular weight excluding hydrogens is 513 g/mol. The third-order valence-corrected chi connectivity index (χ3v) is 5.77. The smallest absolute Gasteiger partial charge is 0.221 e. The van der Waals surface area contributed by atoms with Gasteiger partial charge < -0.3 is 16.4 Å². The van der Waals surface area contributed by atoms with Crippen LogP contribution in [0.15, 0.2) is 59.6 Å². The van der Waals surface area contributed by atoms with Gasteiger partial charge in [0, 0.05) is 33.2 Å². The predicted molar refractivity (Wildman–Crippen MR) is 142 cm³/mol. The number of carbonyl (C=O) groups is 1. The van der Waals surface area contributed by atoms with Crippen LogP contribution in [0.2, 0.25) is 0 Å². The second kappa shape index (κ2) is 14.1. The molecule has 32 heavy (non-hydrogen) atoms. The maximum atomic E-state index is 11.5. The van der Waals surface area contributed by atoms with Gasteiger partial charge in [-0.05, 0) is 48.9 Å². The van der Waals surface area contributed by atoms with Gasteiger partial charge in [-0.3, -0.25) is 14.7 Å². The van der Waals surface area contributed by atoms with E-state index in [1.165, 1.54) is 16.7 Å². The van der Waals surface area contributed by atoms with Gasteiger partial charge in [0.25, 0.3) is 0 Å². The molecule has 1 unspecified atom stereocenters. The lowest BCUT2D eigenvalue weighted by atomic mass is 9.97. The van der Waals surface area contributed by atoms with E-state index < -0.39 is 0 Å². The maximum absolute atomic E-state index is 11.5. The largest absolute Gasteiger partial charge is 0.369 e. The summed E-state index contributed by atoms with van der Waals surface area (Å²) in [6.45, 7) is 4.23. The lowest BCUT2D eigenvalue weighted by Crippen LogP contribution is -2.40. The zero-order valence-corrected chi connectivity index (χ0v) is 21.3. The molecule has 174 valence electrons. The molecule has 2 aromatic carbocycles. The molecule has 1 aliphatic rings. The minimum absolute atomic E-state index is 0. The summed E-state index contributed by atoms with van der Waals surface area (Å²) in [5.41, 5.74) is 9.35. The normalized spacial score (nSPS) is 16.8. The first kappa shape index (κ1) is 26.1. The van der Waals surface area contributed by atoms with Gasteiger partial charge in [0.05, 0.1) is 5.92 Å². The Morgan fingerprint density at radius 3 is 2.59 bits per heavy atom. The van der Waals surface area contributed by atoms with Crippen LogP contribution in [0.3, 0.4) is 0 Å². The van der Waals surface area contributed by atoms with Gasteiger partial charge >= 0.3 is 0 Å². The highest BCUT2D eigenvalue weighted by atomic mass is 127. The summed E-state index contributed by atoms with van der Waals surface area (Å²) < 4.78 is 0. The molecule has 0 aromatic heterocycles. The second-order valence-corrected chi connectivity index (χ2v) is 8.24. The van der Waals surface area contributed by atoms with E-state index in [2.05, 4.69) is 69.1 Å². The van der Waals surface area contributed by atoms with Gasteiger partial charge in [-0.25, -0.2) is 0 Å². The highest BCUT2D eigenvalue weighted by Gasteiger charge is 2.23. The molecule has 0 aliphatic carbocycles. The minimum Gasteiger partial charge on any atom is -0.369 e. The SMILES string of the molecule is CN=C(NCCCc1ccccc1)NCc1cccc(CN2CCCC(C(N)=O)C2)c1.I. The summed E-state index contributed by atoms with van der Waals surface area (Å²) in [7, 11) is 1.80. The molecule has 1 atom stereocenters. The third kappa shape index (κ3) is 8.78. The number of guanidine groups is 1. The number of benzene rings is 2. The molecule has 3 rings (SSSR count). The van der Waals surface area contributed by atoms with Crippen LogP contribution >= 0.6 is 24.0 Å². The lowest BCUT2D eigenvalue weighted by molar-refractivity contribution is -0.123. The molecule has 6 nitrogen and oxygen atoms in total. The van der Waals surface area contributed by atoms with Gasteiger partial charge in [-0.1, -0.05) is 54.6 Å². The Bertz CT molecular complexity index is 858. The number of piperidine rings is 1. The van der Waals surface area contributed by atoms with Crippen LogP contribution < -0.4 is 16.4 Å². The fourth-order valence-electron chi connectivity index (χ4n) is 4.08. The van der Waals surface area contributed by atoms with Crippen LogP contribution in [0.1, 0.15) is 36.0 Å². The van der Waals surface area contributed by atoms with E-state index >= 15 is 0 Å². The van der Waals surface area contributed by atoms with E-state index in [9.17, 15) is 4.79 Å². The third-order valence-electron chi connectivity index (χ3n) is 5.77. The van der Waals surface area contributed by atoms with Crippen molar-refractivity contribution in [3.05, 3.63) is 71.3 Å². The van der Waals surface area contributed by atoms with E-state index in [0.717, 1.165) is 64.4 Å². The lowest BCUT2D eigenvalue weighted by Gasteiger charge is -2.31. The maximum Gasteiger partial charge on any atom is 0.221 e. The second-order valence-electron chi connectivity index (χ2n) is 8.24. The van der Waals surface area contributed by atoms with Crippen LogP contribution in [0.25, 0.3) is 0 Å². The fourth-order valence-corrected chi connectivity index (χ4v) is 4.08. The summed E-state index contributed by atoms with van der Waals surface area (Å²) in [5.74, 6) is 0.624. The fraction of sp³-hybridized carbons (Fsp3) is 0.440. The Balaban J connectivity index is 0.00000363. The Morgan fingerprint density at radius 1 is 1.09 bits per heavy atom. The highest BCUT2D eigenvalue weighted by Crippen LogP contribution is 2.18. The average Bonchev–Trinajstić information content (AvgIpc) is 2.80. The molecule has 0 saturated carbocycles. The number of nitrogens with two attached hydrogens (primary N) is 1. The van der Waals surface area contributed by atoms with E-state index in [0.29, 0.717) is 0 Å². The molecule has 7 heteroatoms. The van der Waals surface area contributed by atoms with Gasteiger partial charge in [0.1, 0.15) is 0 Å². The Morgan fingerprint density at radius 2 is 1.84 bits per heavy atom. The topological polar surface area (TPSA) is 82.8 Å². The number of halogens is 1. The van der Waals surface area contributed by atoms with Crippen molar-refractivity contribution < 1.29 is 4.79 Å². The van der Waals surface area contributed by atoms with E-state index in [1.54, 1.807) is 7.05 Å². The van der Waals surface area contributed by atoms with Crippen LogP contribution in [-0.4, -0.2) is 43.4 Å². The Labute approximate surface area is 209 Å². The van der Waals surface area contributed by atoms with Crippen molar-refractivity contribution >= 4 is 35.8 Å². The Hall–Kier alpha value is -2.13. The number of hydrogen-bond donors (Lipinski definition) is 3. The highest BCUT2D eigenvalue weighted by molar-refractivity contribution is 14.0. The number of aryl methyl sites for hydroxylation is 1.